The average molecular weight is 332 g/mol. The van der Waals surface area contributed by atoms with E-state index in [1.807, 2.05) is 24.3 Å². The lowest BCUT2D eigenvalue weighted by molar-refractivity contribution is -0.0718. The predicted molar refractivity (Wildman–Crippen MR) is 91.7 cm³/mol. The lowest BCUT2D eigenvalue weighted by Crippen LogP contribution is -2.42. The molecule has 4 heteroatoms. The van der Waals surface area contributed by atoms with Gasteiger partial charge in [-0.05, 0) is 49.1 Å². The number of halogens is 1. The van der Waals surface area contributed by atoms with Gasteiger partial charge in [-0.1, -0.05) is 36.9 Å². The maximum absolute atomic E-state index is 11.4. The Morgan fingerprint density at radius 2 is 1.87 bits per heavy atom. The summed E-state index contributed by atoms with van der Waals surface area (Å²) < 4.78 is 5.90. The summed E-state index contributed by atoms with van der Waals surface area (Å²) in [6.45, 7) is 0.227. The lowest BCUT2D eigenvalue weighted by atomic mass is 9.74. The molecule has 3 rings (SSSR count). The summed E-state index contributed by atoms with van der Waals surface area (Å²) in [5.74, 6) is 0.917. The summed E-state index contributed by atoms with van der Waals surface area (Å²) in [7, 11) is 0. The molecule has 3 nitrogen and oxygen atoms in total. The quantitative estimate of drug-likeness (QED) is 0.871. The molecule has 1 saturated carbocycles. The van der Waals surface area contributed by atoms with E-state index in [-0.39, 0.29) is 12.5 Å². The summed E-state index contributed by atoms with van der Waals surface area (Å²) >= 11 is 5.91. The zero-order chi connectivity index (χ0) is 16.1. The first kappa shape index (κ1) is 16.3. The molecule has 0 spiro atoms. The first-order chi connectivity index (χ1) is 11.2. The van der Waals surface area contributed by atoms with Crippen molar-refractivity contribution in [3.63, 3.8) is 0 Å². The summed E-state index contributed by atoms with van der Waals surface area (Å²) in [5, 5.41) is 12.1. The molecule has 1 aliphatic carbocycles. The van der Waals surface area contributed by atoms with Crippen molar-refractivity contribution in [1.29, 1.82) is 0 Å². The molecule has 122 valence electrons. The Balaban J connectivity index is 1.81. The number of benzene rings is 1. The van der Waals surface area contributed by atoms with Crippen molar-refractivity contribution in [2.75, 3.05) is 6.61 Å². The van der Waals surface area contributed by atoms with Crippen LogP contribution in [0.3, 0.4) is 0 Å². The van der Waals surface area contributed by atoms with E-state index in [1.54, 1.807) is 24.5 Å². The molecule has 1 aromatic heterocycles. The second-order valence-electron chi connectivity index (χ2n) is 6.24. The number of hydrogen-bond acceptors (Lipinski definition) is 3. The maximum atomic E-state index is 11.4. The first-order valence-corrected chi connectivity index (χ1v) is 8.57. The van der Waals surface area contributed by atoms with Gasteiger partial charge in [0.25, 0.3) is 0 Å². The Labute approximate surface area is 142 Å². The molecule has 1 unspecified atom stereocenters. The van der Waals surface area contributed by atoms with Gasteiger partial charge in [-0.3, -0.25) is 4.98 Å². The number of nitrogens with zero attached hydrogens (tertiary/aromatic N) is 1. The van der Waals surface area contributed by atoms with E-state index in [0.29, 0.717) is 10.8 Å². The molecule has 0 saturated heterocycles. The molecule has 0 bridgehead atoms. The van der Waals surface area contributed by atoms with Crippen molar-refractivity contribution in [2.24, 2.45) is 5.92 Å². The molecule has 23 heavy (non-hydrogen) atoms. The van der Waals surface area contributed by atoms with Crippen LogP contribution in [-0.2, 0) is 5.60 Å². The van der Waals surface area contributed by atoms with Crippen LogP contribution in [0, 0.1) is 5.92 Å². The number of hydrogen-bond donors (Lipinski definition) is 1. The molecule has 1 fully saturated rings. The van der Waals surface area contributed by atoms with Gasteiger partial charge < -0.3 is 9.84 Å². The third-order valence-electron chi connectivity index (χ3n) is 4.71. The van der Waals surface area contributed by atoms with E-state index < -0.39 is 5.60 Å². The minimum Gasteiger partial charge on any atom is -0.490 e. The minimum atomic E-state index is -1.01. The highest BCUT2D eigenvalue weighted by Gasteiger charge is 2.40. The Kier molecular flexibility index (Phi) is 5.19. The Morgan fingerprint density at radius 3 is 2.52 bits per heavy atom. The summed E-state index contributed by atoms with van der Waals surface area (Å²) in [6, 6.07) is 11.0. The third kappa shape index (κ3) is 3.85. The molecule has 1 atom stereocenters. The summed E-state index contributed by atoms with van der Waals surface area (Å²) in [6.07, 6.45) is 9.09. The van der Waals surface area contributed by atoms with Gasteiger partial charge in [0.2, 0.25) is 0 Å². The van der Waals surface area contributed by atoms with Gasteiger partial charge in [0, 0.05) is 23.0 Å². The van der Waals surface area contributed by atoms with Crippen molar-refractivity contribution in [1.82, 2.24) is 4.98 Å². The SMILES string of the molecule is OC(COc1ccc(Cl)cc1)(c1cccnc1)C1CCCCC1. The standard InChI is InChI=1S/C19H22ClNO2/c20-17-8-10-18(11-9-17)23-14-19(22,15-5-2-1-3-6-15)16-7-4-12-21-13-16/h4,7-13,15,22H,1-3,5-6,14H2. The number of pyridine rings is 1. The smallest absolute Gasteiger partial charge is 0.128 e. The Morgan fingerprint density at radius 1 is 1.13 bits per heavy atom. The Bertz CT molecular complexity index is 611. The second-order valence-corrected chi connectivity index (χ2v) is 6.68. The zero-order valence-corrected chi connectivity index (χ0v) is 13.9. The summed E-state index contributed by atoms with van der Waals surface area (Å²) in [5.41, 5.74) is -0.172. The highest BCUT2D eigenvalue weighted by atomic mass is 35.5. The lowest BCUT2D eigenvalue weighted by Gasteiger charge is -2.38. The number of rotatable bonds is 5. The molecule has 0 amide bonds. The molecule has 1 N–H and O–H groups in total. The number of ether oxygens (including phenoxy) is 1. The fraction of sp³-hybridized carbons (Fsp3) is 0.421. The van der Waals surface area contributed by atoms with Crippen molar-refractivity contribution >= 4 is 11.6 Å². The molecule has 0 radical (unpaired) electrons. The van der Waals surface area contributed by atoms with E-state index in [2.05, 4.69) is 4.98 Å². The van der Waals surface area contributed by atoms with E-state index >= 15 is 0 Å². The van der Waals surface area contributed by atoms with Crippen LogP contribution in [0.4, 0.5) is 0 Å². The van der Waals surface area contributed by atoms with Crippen molar-refractivity contribution in [3.8, 4) is 5.75 Å². The minimum absolute atomic E-state index is 0.202. The molecule has 1 heterocycles. The van der Waals surface area contributed by atoms with E-state index in [4.69, 9.17) is 16.3 Å². The highest BCUT2D eigenvalue weighted by molar-refractivity contribution is 6.30. The van der Waals surface area contributed by atoms with Crippen molar-refractivity contribution < 1.29 is 9.84 Å². The van der Waals surface area contributed by atoms with Crippen LogP contribution in [0.15, 0.2) is 48.8 Å². The fourth-order valence-electron chi connectivity index (χ4n) is 3.36. The van der Waals surface area contributed by atoms with Gasteiger partial charge in [-0.15, -0.1) is 0 Å². The normalized spacial score (nSPS) is 18.3. The molecular formula is C19H22ClNO2. The highest BCUT2D eigenvalue weighted by Crippen LogP contribution is 2.39. The monoisotopic (exact) mass is 331 g/mol. The Hall–Kier alpha value is -1.58. The van der Waals surface area contributed by atoms with Crippen molar-refractivity contribution in [3.05, 3.63) is 59.4 Å². The first-order valence-electron chi connectivity index (χ1n) is 8.20. The van der Waals surface area contributed by atoms with Gasteiger partial charge in [0.15, 0.2) is 0 Å². The molecule has 0 aliphatic heterocycles. The maximum Gasteiger partial charge on any atom is 0.128 e. The van der Waals surface area contributed by atoms with Crippen LogP contribution in [0.1, 0.15) is 37.7 Å². The molecular weight excluding hydrogens is 310 g/mol. The second kappa shape index (κ2) is 7.33. The summed E-state index contributed by atoms with van der Waals surface area (Å²) in [4.78, 5) is 4.18. The molecule has 1 aliphatic rings. The van der Waals surface area contributed by atoms with Crippen LogP contribution < -0.4 is 4.74 Å². The van der Waals surface area contributed by atoms with Gasteiger partial charge in [0.1, 0.15) is 18.0 Å². The fourth-order valence-corrected chi connectivity index (χ4v) is 3.49. The van der Waals surface area contributed by atoms with Crippen molar-refractivity contribution in [2.45, 2.75) is 37.7 Å². The average Bonchev–Trinajstić information content (AvgIpc) is 2.62. The molecule has 1 aromatic carbocycles. The molecule has 2 aromatic rings. The van der Waals surface area contributed by atoms with Crippen LogP contribution in [0.2, 0.25) is 5.02 Å². The largest absolute Gasteiger partial charge is 0.490 e. The van der Waals surface area contributed by atoms with E-state index in [1.165, 1.54) is 6.42 Å². The number of aromatic nitrogens is 1. The van der Waals surface area contributed by atoms with Crippen LogP contribution in [0.5, 0.6) is 5.75 Å². The van der Waals surface area contributed by atoms with Gasteiger partial charge in [-0.25, -0.2) is 0 Å². The van der Waals surface area contributed by atoms with E-state index in [0.717, 1.165) is 31.2 Å². The predicted octanol–water partition coefficient (Wildman–Crippen LogP) is 4.58. The van der Waals surface area contributed by atoms with Gasteiger partial charge in [0.05, 0.1) is 0 Å². The van der Waals surface area contributed by atoms with Gasteiger partial charge >= 0.3 is 0 Å². The van der Waals surface area contributed by atoms with Crippen LogP contribution in [0.25, 0.3) is 0 Å². The van der Waals surface area contributed by atoms with Crippen LogP contribution in [-0.4, -0.2) is 16.7 Å². The number of aliphatic hydroxyl groups is 1. The topological polar surface area (TPSA) is 42.4 Å². The van der Waals surface area contributed by atoms with Crippen LogP contribution >= 0.6 is 11.6 Å². The zero-order valence-electron chi connectivity index (χ0n) is 13.1. The third-order valence-corrected chi connectivity index (χ3v) is 4.97. The van der Waals surface area contributed by atoms with Gasteiger partial charge in [-0.2, -0.15) is 0 Å². The van der Waals surface area contributed by atoms with E-state index in [9.17, 15) is 5.11 Å².